The second-order valence-electron chi connectivity index (χ2n) is 3.78. The highest BCUT2D eigenvalue weighted by Gasteiger charge is 2.27. The van der Waals surface area contributed by atoms with Crippen molar-refractivity contribution in [2.24, 2.45) is 4.99 Å². The van der Waals surface area contributed by atoms with Gasteiger partial charge in [-0.1, -0.05) is 17.8 Å². The van der Waals surface area contributed by atoms with Crippen molar-refractivity contribution in [2.45, 2.75) is 6.42 Å². The minimum atomic E-state index is -0.444. The van der Waals surface area contributed by atoms with Crippen LogP contribution in [-0.4, -0.2) is 11.9 Å². The van der Waals surface area contributed by atoms with Crippen molar-refractivity contribution in [2.75, 3.05) is 0 Å². The number of ether oxygens (including phenoxy) is 1. The molecule has 0 radical (unpaired) electrons. The van der Waals surface area contributed by atoms with Crippen LogP contribution < -0.4 is 0 Å². The number of nitrogens with zero attached hydrogens (tertiary/aromatic N) is 1. The fraction of sp³-hybridized carbons (Fsp3) is 0.0769. The molecule has 0 spiro atoms. The molecule has 0 aliphatic carbocycles. The van der Waals surface area contributed by atoms with Gasteiger partial charge >= 0.3 is 5.97 Å². The standard InChI is InChI=1S/C13H8FNO2S/c14-9-5-3-8(4-6-9)12-15-11(13(16)17-12)10-2-1-7-18-10/h1,3-7H,2H2. The second kappa shape index (κ2) is 4.42. The summed E-state index contributed by atoms with van der Waals surface area (Å²) >= 11 is 1.47. The summed E-state index contributed by atoms with van der Waals surface area (Å²) in [4.78, 5) is 16.8. The molecule has 0 aromatic heterocycles. The maximum absolute atomic E-state index is 12.8. The maximum atomic E-state index is 12.8. The normalized spacial score (nSPS) is 22.3. The zero-order valence-corrected chi connectivity index (χ0v) is 10.0. The van der Waals surface area contributed by atoms with Gasteiger partial charge in [-0.2, -0.15) is 0 Å². The fourth-order valence-electron chi connectivity index (χ4n) is 1.68. The number of thioether (sulfide) groups is 1. The molecule has 3 nitrogen and oxygen atoms in total. The first-order valence-corrected chi connectivity index (χ1v) is 6.23. The lowest BCUT2D eigenvalue weighted by atomic mass is 10.2. The minimum Gasteiger partial charge on any atom is -0.402 e. The highest BCUT2D eigenvalue weighted by molar-refractivity contribution is 8.06. The lowest BCUT2D eigenvalue weighted by molar-refractivity contribution is -0.130. The van der Waals surface area contributed by atoms with Crippen molar-refractivity contribution < 1.29 is 13.9 Å². The van der Waals surface area contributed by atoms with Crippen LogP contribution in [0, 0.1) is 5.82 Å². The molecule has 0 bridgehead atoms. The largest absolute Gasteiger partial charge is 0.402 e. The summed E-state index contributed by atoms with van der Waals surface area (Å²) in [6.07, 6.45) is 2.67. The summed E-state index contributed by atoms with van der Waals surface area (Å²) in [6, 6.07) is 5.69. The number of rotatable bonds is 1. The Morgan fingerprint density at radius 1 is 1.28 bits per heavy atom. The number of halogens is 1. The summed E-state index contributed by atoms with van der Waals surface area (Å²) in [5.41, 5.74) is 0.945. The molecule has 0 N–H and O–H groups in total. The van der Waals surface area contributed by atoms with Crippen molar-refractivity contribution >= 4 is 23.6 Å². The van der Waals surface area contributed by atoms with E-state index in [1.807, 2.05) is 11.5 Å². The number of benzene rings is 1. The SMILES string of the molecule is O=C1OC(c2ccc(F)cc2)=NC1=C1CC=CS1. The molecule has 3 rings (SSSR count). The molecule has 0 saturated carbocycles. The van der Waals surface area contributed by atoms with E-state index in [0.717, 1.165) is 4.91 Å². The number of esters is 1. The summed E-state index contributed by atoms with van der Waals surface area (Å²) in [6.45, 7) is 0. The topological polar surface area (TPSA) is 38.7 Å². The third-order valence-electron chi connectivity index (χ3n) is 2.56. The number of hydrogen-bond donors (Lipinski definition) is 0. The van der Waals surface area contributed by atoms with Gasteiger partial charge in [-0.05, 0) is 36.1 Å². The molecule has 0 atom stereocenters. The van der Waals surface area contributed by atoms with Crippen LogP contribution in [0.1, 0.15) is 12.0 Å². The molecular formula is C13H8FNO2S. The van der Waals surface area contributed by atoms with Crippen LogP contribution in [-0.2, 0) is 9.53 Å². The van der Waals surface area contributed by atoms with Crippen LogP contribution in [0.2, 0.25) is 0 Å². The van der Waals surface area contributed by atoms with E-state index in [0.29, 0.717) is 17.7 Å². The van der Waals surface area contributed by atoms with E-state index in [1.165, 1.54) is 36.0 Å². The Balaban J connectivity index is 1.95. The zero-order valence-electron chi connectivity index (χ0n) is 9.22. The fourth-order valence-corrected chi connectivity index (χ4v) is 2.47. The van der Waals surface area contributed by atoms with Gasteiger partial charge in [0.15, 0.2) is 5.70 Å². The summed E-state index contributed by atoms with van der Waals surface area (Å²) < 4.78 is 17.9. The van der Waals surface area contributed by atoms with E-state index in [4.69, 9.17) is 4.74 Å². The predicted octanol–water partition coefficient (Wildman–Crippen LogP) is 2.99. The van der Waals surface area contributed by atoms with Crippen LogP contribution in [0.25, 0.3) is 0 Å². The lowest BCUT2D eigenvalue weighted by Gasteiger charge is -1.98. The highest BCUT2D eigenvalue weighted by atomic mass is 32.2. The Kier molecular flexibility index (Phi) is 2.76. The van der Waals surface area contributed by atoms with E-state index in [-0.39, 0.29) is 11.7 Å². The number of cyclic esters (lactones) is 1. The molecule has 0 amide bonds. The number of carbonyl (C=O) groups excluding carboxylic acids is 1. The minimum absolute atomic E-state index is 0.231. The van der Waals surface area contributed by atoms with Gasteiger partial charge in [0.2, 0.25) is 5.90 Å². The first-order chi connectivity index (χ1) is 8.74. The van der Waals surface area contributed by atoms with Gasteiger partial charge in [-0.3, -0.25) is 0 Å². The Bertz CT molecular complexity index is 592. The molecule has 2 aliphatic rings. The van der Waals surface area contributed by atoms with Crippen molar-refractivity contribution in [3.63, 3.8) is 0 Å². The smallest absolute Gasteiger partial charge is 0.364 e. The van der Waals surface area contributed by atoms with Crippen LogP contribution in [0.4, 0.5) is 4.39 Å². The summed E-state index contributed by atoms with van der Waals surface area (Å²) in [5, 5.41) is 1.92. The van der Waals surface area contributed by atoms with Gasteiger partial charge in [0, 0.05) is 10.5 Å². The van der Waals surface area contributed by atoms with E-state index in [9.17, 15) is 9.18 Å². The van der Waals surface area contributed by atoms with Gasteiger partial charge in [0.25, 0.3) is 0 Å². The zero-order chi connectivity index (χ0) is 12.5. The van der Waals surface area contributed by atoms with Crippen LogP contribution in [0.5, 0.6) is 0 Å². The molecule has 18 heavy (non-hydrogen) atoms. The van der Waals surface area contributed by atoms with Gasteiger partial charge < -0.3 is 4.74 Å². The average Bonchev–Trinajstić information content (AvgIpc) is 2.99. The van der Waals surface area contributed by atoms with E-state index in [1.54, 1.807) is 0 Å². The maximum Gasteiger partial charge on any atom is 0.364 e. The first-order valence-electron chi connectivity index (χ1n) is 5.35. The molecule has 2 aliphatic heterocycles. The van der Waals surface area contributed by atoms with Crippen LogP contribution >= 0.6 is 11.8 Å². The Morgan fingerprint density at radius 2 is 2.06 bits per heavy atom. The van der Waals surface area contributed by atoms with Gasteiger partial charge in [0.1, 0.15) is 5.82 Å². The molecule has 0 saturated heterocycles. The second-order valence-corrected chi connectivity index (χ2v) is 4.78. The molecule has 5 heteroatoms. The number of allylic oxidation sites excluding steroid dienone is 2. The number of aliphatic imine (C=N–C) groups is 1. The quantitative estimate of drug-likeness (QED) is 0.576. The third-order valence-corrected chi connectivity index (χ3v) is 3.53. The Morgan fingerprint density at radius 3 is 2.72 bits per heavy atom. The van der Waals surface area contributed by atoms with Gasteiger partial charge in [-0.15, -0.1) is 0 Å². The third kappa shape index (κ3) is 1.97. The van der Waals surface area contributed by atoms with Gasteiger partial charge in [-0.25, -0.2) is 14.2 Å². The van der Waals surface area contributed by atoms with Gasteiger partial charge in [0.05, 0.1) is 0 Å². The predicted molar refractivity (Wildman–Crippen MR) is 67.4 cm³/mol. The molecule has 0 fully saturated rings. The summed E-state index contributed by atoms with van der Waals surface area (Å²) in [5.74, 6) is -0.548. The summed E-state index contributed by atoms with van der Waals surface area (Å²) in [7, 11) is 0. The number of carbonyl (C=O) groups is 1. The van der Waals surface area contributed by atoms with Crippen molar-refractivity contribution in [3.8, 4) is 0 Å². The van der Waals surface area contributed by atoms with Crippen molar-refractivity contribution in [3.05, 3.63) is 57.7 Å². The highest BCUT2D eigenvalue weighted by Crippen LogP contribution is 2.34. The van der Waals surface area contributed by atoms with Crippen molar-refractivity contribution in [1.82, 2.24) is 0 Å². The van der Waals surface area contributed by atoms with E-state index in [2.05, 4.69) is 4.99 Å². The molecule has 90 valence electrons. The molecular weight excluding hydrogens is 253 g/mol. The van der Waals surface area contributed by atoms with Crippen LogP contribution in [0.15, 0.2) is 51.3 Å². The molecule has 1 aromatic carbocycles. The molecule has 2 heterocycles. The average molecular weight is 261 g/mol. The van der Waals surface area contributed by atoms with Crippen molar-refractivity contribution in [1.29, 1.82) is 0 Å². The lowest BCUT2D eigenvalue weighted by Crippen LogP contribution is -2.05. The molecule has 0 unspecified atom stereocenters. The number of hydrogen-bond acceptors (Lipinski definition) is 4. The van der Waals surface area contributed by atoms with Crippen LogP contribution in [0.3, 0.4) is 0 Å². The first kappa shape index (κ1) is 11.2. The van der Waals surface area contributed by atoms with E-state index < -0.39 is 5.97 Å². The van der Waals surface area contributed by atoms with E-state index >= 15 is 0 Å². The monoisotopic (exact) mass is 261 g/mol. The molecule has 1 aromatic rings. The Hall–Kier alpha value is -1.88. The Labute approximate surface area is 107 Å².